The van der Waals surface area contributed by atoms with Gasteiger partial charge in [-0.2, -0.15) is 5.10 Å². The summed E-state index contributed by atoms with van der Waals surface area (Å²) in [6.07, 6.45) is 2.74. The van der Waals surface area contributed by atoms with Crippen molar-refractivity contribution >= 4 is 23.5 Å². The first kappa shape index (κ1) is 29.6. The Hall–Kier alpha value is -4.86. The van der Waals surface area contributed by atoms with E-state index in [0.29, 0.717) is 37.2 Å². The number of halogens is 2. The number of carboxylic acids is 1. The fourth-order valence-electron chi connectivity index (χ4n) is 5.36. The van der Waals surface area contributed by atoms with Crippen LogP contribution in [0.4, 0.5) is 14.5 Å². The van der Waals surface area contributed by atoms with E-state index in [1.807, 2.05) is 20.8 Å². The fraction of sp³-hybridized carbons (Fsp3) is 0.273. The van der Waals surface area contributed by atoms with Gasteiger partial charge in [0.25, 0.3) is 11.8 Å². The van der Waals surface area contributed by atoms with Gasteiger partial charge >= 0.3 is 5.97 Å². The molecule has 0 atom stereocenters. The molecule has 0 bridgehead atoms. The molecule has 1 aliphatic rings. The first-order valence-corrected chi connectivity index (χ1v) is 14.0. The lowest BCUT2D eigenvalue weighted by molar-refractivity contribution is 0.0690. The molecule has 2 heterocycles. The van der Waals surface area contributed by atoms with E-state index in [2.05, 4.69) is 10.4 Å². The first-order valence-electron chi connectivity index (χ1n) is 14.0. The number of aromatic nitrogens is 2. The molecule has 1 fully saturated rings. The smallest absolute Gasteiger partial charge is 0.335 e. The van der Waals surface area contributed by atoms with Crippen LogP contribution in [0.15, 0.2) is 72.9 Å². The summed E-state index contributed by atoms with van der Waals surface area (Å²) >= 11 is 0. The summed E-state index contributed by atoms with van der Waals surface area (Å²) in [5.74, 6) is -2.90. The zero-order valence-electron chi connectivity index (χ0n) is 24.1. The minimum Gasteiger partial charge on any atom is -0.478 e. The van der Waals surface area contributed by atoms with Crippen LogP contribution in [0.5, 0.6) is 0 Å². The third-order valence-corrected chi connectivity index (χ3v) is 7.63. The predicted octanol–water partition coefficient (Wildman–Crippen LogP) is 6.55. The van der Waals surface area contributed by atoms with E-state index >= 15 is 0 Å². The second kappa shape index (κ2) is 11.8. The number of likely N-dealkylation sites (tertiary alicyclic amines) is 1. The van der Waals surface area contributed by atoms with Gasteiger partial charge in [-0.1, -0.05) is 12.1 Å². The van der Waals surface area contributed by atoms with E-state index in [-0.39, 0.29) is 28.3 Å². The molecule has 10 heteroatoms. The number of nitrogens with one attached hydrogen (secondary N) is 1. The monoisotopic (exact) mass is 586 g/mol. The van der Waals surface area contributed by atoms with Crippen molar-refractivity contribution in [2.45, 2.75) is 45.1 Å². The number of piperidine rings is 1. The van der Waals surface area contributed by atoms with E-state index in [1.165, 1.54) is 30.5 Å². The second-order valence-corrected chi connectivity index (χ2v) is 11.6. The van der Waals surface area contributed by atoms with Crippen LogP contribution in [-0.2, 0) is 5.54 Å². The van der Waals surface area contributed by atoms with Gasteiger partial charge in [-0.05, 0) is 99.7 Å². The summed E-state index contributed by atoms with van der Waals surface area (Å²) in [6.45, 7) is 6.62. The number of amides is 2. The molecule has 4 aromatic rings. The van der Waals surface area contributed by atoms with E-state index in [0.717, 1.165) is 11.6 Å². The van der Waals surface area contributed by atoms with Crippen molar-refractivity contribution in [1.82, 2.24) is 14.7 Å². The quantitative estimate of drug-likeness (QED) is 0.267. The highest BCUT2D eigenvalue weighted by Crippen LogP contribution is 2.31. The maximum Gasteiger partial charge on any atom is 0.335 e. The Morgan fingerprint density at radius 1 is 0.907 bits per heavy atom. The van der Waals surface area contributed by atoms with Crippen molar-refractivity contribution < 1.29 is 28.3 Å². The maximum absolute atomic E-state index is 14.9. The highest BCUT2D eigenvalue weighted by atomic mass is 19.1. The Morgan fingerprint density at radius 3 is 2.16 bits per heavy atom. The van der Waals surface area contributed by atoms with Crippen LogP contribution in [0.1, 0.15) is 76.2 Å². The molecule has 0 spiro atoms. The molecular formula is C33H32F2N4O4. The van der Waals surface area contributed by atoms with E-state index < -0.39 is 35.0 Å². The summed E-state index contributed by atoms with van der Waals surface area (Å²) in [6, 6.07) is 16.4. The number of anilines is 1. The van der Waals surface area contributed by atoms with Gasteiger partial charge < -0.3 is 15.3 Å². The van der Waals surface area contributed by atoms with Gasteiger partial charge in [0.2, 0.25) is 0 Å². The van der Waals surface area contributed by atoms with Crippen molar-refractivity contribution in [1.29, 1.82) is 0 Å². The zero-order valence-corrected chi connectivity index (χ0v) is 24.1. The normalized spacial score (nSPS) is 14.0. The summed E-state index contributed by atoms with van der Waals surface area (Å²) in [5, 5.41) is 16.3. The van der Waals surface area contributed by atoms with Gasteiger partial charge in [0.1, 0.15) is 11.6 Å². The number of hydrogen-bond acceptors (Lipinski definition) is 4. The molecule has 1 saturated heterocycles. The topological polar surface area (TPSA) is 105 Å². The highest BCUT2D eigenvalue weighted by Gasteiger charge is 2.28. The molecule has 0 aliphatic carbocycles. The molecule has 3 aromatic carbocycles. The lowest BCUT2D eigenvalue weighted by atomic mass is 9.88. The molecule has 0 saturated carbocycles. The van der Waals surface area contributed by atoms with Crippen LogP contribution >= 0.6 is 0 Å². The Kier molecular flexibility index (Phi) is 8.12. The molecule has 1 aliphatic heterocycles. The minimum absolute atomic E-state index is 0.147. The lowest BCUT2D eigenvalue weighted by Crippen LogP contribution is -2.38. The summed E-state index contributed by atoms with van der Waals surface area (Å²) in [7, 11) is 0. The summed E-state index contributed by atoms with van der Waals surface area (Å²) in [4.78, 5) is 39.5. The molecule has 43 heavy (non-hydrogen) atoms. The van der Waals surface area contributed by atoms with Gasteiger partial charge in [-0.25, -0.2) is 13.6 Å². The SMILES string of the molecule is CC(C)(C)n1ncc(C(=O)Nc2ccc(F)c(C(=O)N3CCC(c4ccc(C(=O)O)cc4)CC3)c2)c1-c1ccc(F)cc1. The zero-order chi connectivity index (χ0) is 30.9. The van der Waals surface area contributed by atoms with Gasteiger partial charge in [0, 0.05) is 24.3 Å². The van der Waals surface area contributed by atoms with E-state index in [9.17, 15) is 23.2 Å². The number of carboxylic acid groups (broad SMARTS) is 1. The van der Waals surface area contributed by atoms with Gasteiger partial charge in [-0.3, -0.25) is 14.3 Å². The van der Waals surface area contributed by atoms with Crippen molar-refractivity contribution in [3.8, 4) is 11.3 Å². The summed E-state index contributed by atoms with van der Waals surface area (Å²) in [5.41, 5.74) is 2.20. The van der Waals surface area contributed by atoms with Crippen LogP contribution in [0, 0.1) is 11.6 Å². The molecule has 222 valence electrons. The van der Waals surface area contributed by atoms with Crippen molar-refractivity contribution in [2.24, 2.45) is 0 Å². The molecule has 8 nitrogen and oxygen atoms in total. The number of nitrogens with zero attached hydrogens (tertiary/aromatic N) is 3. The molecule has 1 aromatic heterocycles. The summed E-state index contributed by atoms with van der Waals surface area (Å²) < 4.78 is 30.2. The van der Waals surface area contributed by atoms with Crippen LogP contribution in [0.2, 0.25) is 0 Å². The number of aromatic carboxylic acids is 1. The molecular weight excluding hydrogens is 554 g/mol. The lowest BCUT2D eigenvalue weighted by Gasteiger charge is -2.32. The number of hydrogen-bond donors (Lipinski definition) is 2. The Bertz CT molecular complexity index is 1670. The average Bonchev–Trinajstić information content (AvgIpc) is 3.45. The number of carbonyl (C=O) groups excluding carboxylic acids is 2. The average molecular weight is 587 g/mol. The maximum atomic E-state index is 14.9. The number of rotatable bonds is 6. The third kappa shape index (κ3) is 6.33. The van der Waals surface area contributed by atoms with Gasteiger partial charge in [0.15, 0.2) is 0 Å². The molecule has 2 amide bonds. The first-order chi connectivity index (χ1) is 20.4. The Morgan fingerprint density at radius 2 is 1.56 bits per heavy atom. The molecule has 2 N–H and O–H groups in total. The fourth-order valence-corrected chi connectivity index (χ4v) is 5.36. The van der Waals surface area contributed by atoms with Crippen molar-refractivity contribution in [2.75, 3.05) is 18.4 Å². The Labute approximate surface area is 248 Å². The third-order valence-electron chi connectivity index (χ3n) is 7.63. The van der Waals surface area contributed by atoms with Crippen LogP contribution < -0.4 is 5.32 Å². The van der Waals surface area contributed by atoms with Crippen LogP contribution in [0.3, 0.4) is 0 Å². The standard InChI is InChI=1S/C33H32F2N4O4/c1-33(2,3)39-29(22-8-10-24(34)11-9-22)27(19-36-39)30(40)37-25-12-13-28(35)26(18-25)31(41)38-16-14-21(15-17-38)20-4-6-23(7-5-20)32(42)43/h4-13,18-19,21H,14-17H2,1-3H3,(H,37,40)(H,42,43). The molecule has 0 radical (unpaired) electrons. The minimum atomic E-state index is -0.985. The van der Waals surface area contributed by atoms with E-state index in [1.54, 1.807) is 46.0 Å². The van der Waals surface area contributed by atoms with E-state index in [4.69, 9.17) is 5.11 Å². The predicted molar refractivity (Wildman–Crippen MR) is 158 cm³/mol. The second-order valence-electron chi connectivity index (χ2n) is 11.6. The number of benzene rings is 3. The van der Waals surface area contributed by atoms with Crippen LogP contribution in [0.25, 0.3) is 11.3 Å². The largest absolute Gasteiger partial charge is 0.478 e. The molecule has 0 unspecified atom stereocenters. The van der Waals surface area contributed by atoms with Crippen molar-refractivity contribution in [3.63, 3.8) is 0 Å². The van der Waals surface area contributed by atoms with Gasteiger partial charge in [-0.15, -0.1) is 0 Å². The van der Waals surface area contributed by atoms with Crippen LogP contribution in [-0.4, -0.2) is 50.7 Å². The highest BCUT2D eigenvalue weighted by molar-refractivity contribution is 6.08. The van der Waals surface area contributed by atoms with Crippen molar-refractivity contribution in [3.05, 3.63) is 107 Å². The Balaban J connectivity index is 1.32. The van der Waals surface area contributed by atoms with Gasteiger partial charge in [0.05, 0.1) is 34.1 Å². The number of carbonyl (C=O) groups is 3. The molecule has 5 rings (SSSR count).